The average Bonchev–Trinajstić information content (AvgIpc) is 2.48. The summed E-state index contributed by atoms with van der Waals surface area (Å²) in [5, 5.41) is 10.9. The normalized spacial score (nSPS) is 37.3. The average molecular weight is 231 g/mol. The molecule has 0 amide bonds. The van der Waals surface area contributed by atoms with E-state index >= 15 is 0 Å². The van der Waals surface area contributed by atoms with Crippen LogP contribution < -0.4 is 0 Å². The SMILES string of the molecule is CN1C2CCCC1C(O)(Cc1ccccc1)C2. The lowest BCUT2D eigenvalue weighted by Crippen LogP contribution is -2.46. The molecule has 2 fully saturated rings. The van der Waals surface area contributed by atoms with Gasteiger partial charge in [-0.05, 0) is 31.9 Å². The Labute approximate surface area is 103 Å². The maximum absolute atomic E-state index is 10.9. The molecular formula is C15H21NO. The van der Waals surface area contributed by atoms with E-state index in [0.29, 0.717) is 12.1 Å². The van der Waals surface area contributed by atoms with Crippen LogP contribution in [0.4, 0.5) is 0 Å². The van der Waals surface area contributed by atoms with Crippen molar-refractivity contribution in [2.24, 2.45) is 0 Å². The molecule has 3 atom stereocenters. The second-order valence-corrected chi connectivity index (χ2v) is 5.74. The molecule has 0 saturated carbocycles. The highest BCUT2D eigenvalue weighted by atomic mass is 16.3. The van der Waals surface area contributed by atoms with Crippen LogP contribution in [0.5, 0.6) is 0 Å². The summed E-state index contributed by atoms with van der Waals surface area (Å²) in [5.41, 5.74) is 0.757. The first-order valence-electron chi connectivity index (χ1n) is 6.67. The molecule has 2 aliphatic heterocycles. The van der Waals surface area contributed by atoms with Gasteiger partial charge >= 0.3 is 0 Å². The Morgan fingerprint density at radius 3 is 2.76 bits per heavy atom. The second kappa shape index (κ2) is 4.11. The standard InChI is InChI=1S/C15H21NO/c1-16-13-8-5-9-14(16)15(17,11-13)10-12-6-3-2-4-7-12/h2-4,6-7,13-14,17H,5,8-11H2,1H3. The van der Waals surface area contributed by atoms with Gasteiger partial charge in [0.15, 0.2) is 0 Å². The quantitative estimate of drug-likeness (QED) is 0.843. The van der Waals surface area contributed by atoms with E-state index in [2.05, 4.69) is 36.2 Å². The molecule has 2 heterocycles. The Morgan fingerprint density at radius 1 is 1.29 bits per heavy atom. The number of aliphatic hydroxyl groups is 1. The van der Waals surface area contributed by atoms with Crippen molar-refractivity contribution in [3.8, 4) is 0 Å². The minimum Gasteiger partial charge on any atom is -0.388 e. The molecule has 2 saturated heterocycles. The largest absolute Gasteiger partial charge is 0.388 e. The van der Waals surface area contributed by atoms with Crippen LogP contribution >= 0.6 is 0 Å². The van der Waals surface area contributed by atoms with Crippen molar-refractivity contribution in [2.75, 3.05) is 7.05 Å². The molecule has 0 spiro atoms. The zero-order valence-corrected chi connectivity index (χ0v) is 10.5. The van der Waals surface area contributed by atoms with E-state index < -0.39 is 5.60 Å². The Kier molecular flexibility index (Phi) is 2.72. The minimum atomic E-state index is -0.503. The molecule has 92 valence electrons. The Bertz CT molecular complexity index is 391. The van der Waals surface area contributed by atoms with Crippen molar-refractivity contribution < 1.29 is 5.11 Å². The van der Waals surface area contributed by atoms with Crippen LogP contribution in [0, 0.1) is 0 Å². The van der Waals surface area contributed by atoms with Gasteiger partial charge in [0.1, 0.15) is 0 Å². The van der Waals surface area contributed by atoms with Crippen LogP contribution in [0.3, 0.4) is 0 Å². The van der Waals surface area contributed by atoms with E-state index in [1.54, 1.807) is 0 Å². The monoisotopic (exact) mass is 231 g/mol. The molecule has 0 aromatic heterocycles. The number of benzene rings is 1. The van der Waals surface area contributed by atoms with Gasteiger partial charge in [0.05, 0.1) is 5.60 Å². The first-order chi connectivity index (χ1) is 8.19. The Morgan fingerprint density at radius 2 is 2.06 bits per heavy atom. The van der Waals surface area contributed by atoms with Gasteiger partial charge in [-0.1, -0.05) is 36.8 Å². The first-order valence-corrected chi connectivity index (χ1v) is 6.67. The molecular weight excluding hydrogens is 210 g/mol. The molecule has 2 aliphatic rings. The zero-order valence-electron chi connectivity index (χ0n) is 10.5. The number of nitrogens with zero attached hydrogens (tertiary/aromatic N) is 1. The molecule has 3 rings (SSSR count). The fraction of sp³-hybridized carbons (Fsp3) is 0.600. The molecule has 17 heavy (non-hydrogen) atoms. The summed E-state index contributed by atoms with van der Waals surface area (Å²) in [6.45, 7) is 0. The predicted octanol–water partition coefficient (Wildman–Crippen LogP) is 2.22. The predicted molar refractivity (Wildman–Crippen MR) is 68.9 cm³/mol. The van der Waals surface area contributed by atoms with Gasteiger partial charge < -0.3 is 5.11 Å². The third-order valence-corrected chi connectivity index (χ3v) is 4.64. The smallest absolute Gasteiger partial charge is 0.0857 e. The van der Waals surface area contributed by atoms with Crippen LogP contribution in [0.2, 0.25) is 0 Å². The molecule has 1 N–H and O–H groups in total. The van der Waals surface area contributed by atoms with Crippen LogP contribution in [0.15, 0.2) is 30.3 Å². The summed E-state index contributed by atoms with van der Waals surface area (Å²) >= 11 is 0. The number of piperidine rings is 1. The van der Waals surface area contributed by atoms with Crippen molar-refractivity contribution in [1.82, 2.24) is 4.90 Å². The third kappa shape index (κ3) is 1.90. The van der Waals surface area contributed by atoms with Gasteiger partial charge in [0, 0.05) is 18.5 Å². The lowest BCUT2D eigenvalue weighted by atomic mass is 9.86. The van der Waals surface area contributed by atoms with Crippen LogP contribution in [0.1, 0.15) is 31.2 Å². The van der Waals surface area contributed by atoms with Crippen LogP contribution in [0.25, 0.3) is 0 Å². The van der Waals surface area contributed by atoms with Gasteiger partial charge in [-0.15, -0.1) is 0 Å². The lowest BCUT2D eigenvalue weighted by Gasteiger charge is -2.35. The molecule has 2 heteroatoms. The summed E-state index contributed by atoms with van der Waals surface area (Å²) in [6.07, 6.45) is 5.43. The van der Waals surface area contributed by atoms with E-state index in [4.69, 9.17) is 0 Å². The number of fused-ring (bicyclic) bond motifs is 2. The van der Waals surface area contributed by atoms with Crippen molar-refractivity contribution in [3.63, 3.8) is 0 Å². The van der Waals surface area contributed by atoms with Gasteiger partial charge in [0.2, 0.25) is 0 Å². The summed E-state index contributed by atoms with van der Waals surface area (Å²) < 4.78 is 0. The van der Waals surface area contributed by atoms with E-state index in [1.807, 2.05) is 6.07 Å². The molecule has 2 nitrogen and oxygen atoms in total. The number of likely N-dealkylation sites (N-methyl/N-ethyl adjacent to an activating group) is 1. The van der Waals surface area contributed by atoms with Gasteiger partial charge in [0.25, 0.3) is 0 Å². The summed E-state index contributed by atoms with van der Waals surface area (Å²) in [4.78, 5) is 2.41. The van der Waals surface area contributed by atoms with Crippen molar-refractivity contribution in [1.29, 1.82) is 0 Å². The molecule has 0 radical (unpaired) electrons. The lowest BCUT2D eigenvalue weighted by molar-refractivity contribution is 0.00198. The second-order valence-electron chi connectivity index (χ2n) is 5.74. The molecule has 0 aliphatic carbocycles. The van der Waals surface area contributed by atoms with Crippen molar-refractivity contribution >= 4 is 0 Å². The van der Waals surface area contributed by atoms with Gasteiger partial charge in [-0.3, -0.25) is 4.90 Å². The highest BCUT2D eigenvalue weighted by Gasteiger charge is 2.50. The number of rotatable bonds is 2. The van der Waals surface area contributed by atoms with Crippen molar-refractivity contribution in [3.05, 3.63) is 35.9 Å². The van der Waals surface area contributed by atoms with Crippen LogP contribution in [-0.2, 0) is 6.42 Å². The minimum absolute atomic E-state index is 0.362. The third-order valence-electron chi connectivity index (χ3n) is 4.64. The van der Waals surface area contributed by atoms with Crippen molar-refractivity contribution in [2.45, 2.75) is 49.8 Å². The maximum Gasteiger partial charge on any atom is 0.0857 e. The first kappa shape index (κ1) is 11.2. The maximum atomic E-state index is 10.9. The van der Waals surface area contributed by atoms with E-state index in [9.17, 15) is 5.11 Å². The zero-order chi connectivity index (χ0) is 11.9. The highest BCUT2D eigenvalue weighted by molar-refractivity contribution is 5.20. The number of hydrogen-bond acceptors (Lipinski definition) is 2. The van der Waals surface area contributed by atoms with E-state index in [-0.39, 0.29) is 0 Å². The fourth-order valence-corrected chi connectivity index (χ4v) is 3.79. The molecule has 2 bridgehead atoms. The van der Waals surface area contributed by atoms with E-state index in [0.717, 1.165) is 19.3 Å². The fourth-order valence-electron chi connectivity index (χ4n) is 3.79. The summed E-state index contributed by atoms with van der Waals surface area (Å²) in [7, 11) is 2.18. The van der Waals surface area contributed by atoms with Crippen LogP contribution in [-0.4, -0.2) is 34.7 Å². The molecule has 3 unspecified atom stereocenters. The number of hydrogen-bond donors (Lipinski definition) is 1. The van der Waals surface area contributed by atoms with Gasteiger partial charge in [-0.2, -0.15) is 0 Å². The Hall–Kier alpha value is -0.860. The van der Waals surface area contributed by atoms with E-state index in [1.165, 1.54) is 18.4 Å². The molecule has 1 aromatic rings. The summed E-state index contributed by atoms with van der Waals surface area (Å²) in [6, 6.07) is 11.4. The topological polar surface area (TPSA) is 23.5 Å². The van der Waals surface area contributed by atoms with Gasteiger partial charge in [-0.25, -0.2) is 0 Å². The summed E-state index contributed by atoms with van der Waals surface area (Å²) in [5.74, 6) is 0. The Balaban J connectivity index is 1.82. The highest BCUT2D eigenvalue weighted by Crippen LogP contribution is 2.42. The molecule has 1 aromatic carbocycles.